The Bertz CT molecular complexity index is 607. The van der Waals surface area contributed by atoms with Gasteiger partial charge in [-0.2, -0.15) is 0 Å². The van der Waals surface area contributed by atoms with Crippen molar-refractivity contribution < 1.29 is 0 Å². The van der Waals surface area contributed by atoms with Crippen molar-refractivity contribution in [3.05, 3.63) is 54.1 Å². The molecule has 1 saturated heterocycles. The van der Waals surface area contributed by atoms with Crippen molar-refractivity contribution in [2.45, 2.75) is 19.0 Å². The van der Waals surface area contributed by atoms with E-state index in [2.05, 4.69) is 58.1 Å². The van der Waals surface area contributed by atoms with Crippen LogP contribution in [0.3, 0.4) is 0 Å². The Balaban J connectivity index is 2.05. The van der Waals surface area contributed by atoms with Gasteiger partial charge in [-0.3, -0.25) is 4.98 Å². The highest BCUT2D eigenvalue weighted by molar-refractivity contribution is 7.80. The van der Waals surface area contributed by atoms with Crippen LogP contribution in [-0.2, 0) is 7.05 Å². The van der Waals surface area contributed by atoms with Gasteiger partial charge in [0.2, 0.25) is 0 Å². The first-order valence-electron chi connectivity index (χ1n) is 6.81. The lowest BCUT2D eigenvalue weighted by molar-refractivity contribution is 0.318. The van der Waals surface area contributed by atoms with Gasteiger partial charge in [0, 0.05) is 31.7 Å². The fraction of sp³-hybridized carbons (Fsp3) is 0.333. The first-order chi connectivity index (χ1) is 9.72. The molecule has 4 nitrogen and oxygen atoms in total. The van der Waals surface area contributed by atoms with Gasteiger partial charge in [0.05, 0.1) is 17.8 Å². The number of hydrogen-bond acceptors (Lipinski definition) is 2. The minimum absolute atomic E-state index is 0.0947. The summed E-state index contributed by atoms with van der Waals surface area (Å²) < 4.78 is 2.15. The van der Waals surface area contributed by atoms with Crippen molar-refractivity contribution >= 4 is 17.3 Å². The van der Waals surface area contributed by atoms with E-state index in [0.29, 0.717) is 0 Å². The molecule has 1 aliphatic heterocycles. The zero-order valence-corrected chi connectivity index (χ0v) is 12.5. The maximum atomic E-state index is 5.49. The first kappa shape index (κ1) is 13.1. The number of thiocarbonyl (C=S) groups is 1. The Morgan fingerprint density at radius 1 is 1.30 bits per heavy atom. The van der Waals surface area contributed by atoms with Gasteiger partial charge in [-0.1, -0.05) is 6.07 Å². The number of aromatic nitrogens is 2. The molecule has 2 atom stereocenters. The van der Waals surface area contributed by atoms with E-state index in [0.717, 1.165) is 17.4 Å². The summed E-state index contributed by atoms with van der Waals surface area (Å²) in [6.45, 7) is 3.01. The Morgan fingerprint density at radius 2 is 2.15 bits per heavy atom. The second kappa shape index (κ2) is 5.25. The fourth-order valence-corrected chi connectivity index (χ4v) is 3.22. The number of pyridine rings is 1. The molecule has 0 spiro atoms. The Morgan fingerprint density at radius 3 is 2.75 bits per heavy atom. The van der Waals surface area contributed by atoms with Crippen molar-refractivity contribution in [3.8, 4) is 0 Å². The first-order valence-corrected chi connectivity index (χ1v) is 7.22. The summed E-state index contributed by atoms with van der Waals surface area (Å²) >= 11 is 5.49. The second-order valence-corrected chi connectivity index (χ2v) is 5.34. The number of rotatable bonds is 3. The van der Waals surface area contributed by atoms with Crippen molar-refractivity contribution in [2.75, 3.05) is 6.54 Å². The van der Waals surface area contributed by atoms with E-state index < -0.39 is 0 Å². The number of nitrogens with zero attached hydrogens (tertiary/aromatic N) is 3. The standard InChI is InChI=1S/C15H18N4S/c1-3-19-14(12-8-6-10-18(12)2)13(17-15(19)20)11-7-4-5-9-16-11/h4-10,13-14H,3H2,1-2H3,(H,17,20)/t13-,14-/m1/s1. The molecular weight excluding hydrogens is 268 g/mol. The quantitative estimate of drug-likeness (QED) is 0.879. The molecule has 5 heteroatoms. The van der Waals surface area contributed by atoms with E-state index in [4.69, 9.17) is 12.2 Å². The third-order valence-electron chi connectivity index (χ3n) is 3.83. The summed E-state index contributed by atoms with van der Waals surface area (Å²) in [5.41, 5.74) is 2.27. The van der Waals surface area contributed by atoms with Crippen molar-refractivity contribution in [2.24, 2.45) is 7.05 Å². The number of likely N-dealkylation sites (N-methyl/N-ethyl adjacent to an activating group) is 1. The summed E-state index contributed by atoms with van der Waals surface area (Å²) in [4.78, 5) is 6.72. The molecule has 3 heterocycles. The molecule has 104 valence electrons. The smallest absolute Gasteiger partial charge is 0.170 e. The van der Waals surface area contributed by atoms with Crippen LogP contribution in [0.1, 0.15) is 30.4 Å². The number of hydrogen-bond donors (Lipinski definition) is 1. The largest absolute Gasteiger partial charge is 0.353 e. The summed E-state index contributed by atoms with van der Waals surface area (Å²) in [5, 5.41) is 4.22. The molecule has 20 heavy (non-hydrogen) atoms. The van der Waals surface area contributed by atoms with E-state index in [1.807, 2.05) is 18.3 Å². The molecule has 0 amide bonds. The van der Waals surface area contributed by atoms with E-state index in [9.17, 15) is 0 Å². The maximum Gasteiger partial charge on any atom is 0.170 e. The Hall–Kier alpha value is -1.88. The van der Waals surface area contributed by atoms with Crippen LogP contribution >= 0.6 is 12.2 Å². The Kier molecular flexibility index (Phi) is 3.44. The van der Waals surface area contributed by atoms with Crippen LogP contribution in [0.2, 0.25) is 0 Å². The third-order valence-corrected chi connectivity index (χ3v) is 4.18. The molecule has 0 radical (unpaired) electrons. The zero-order valence-electron chi connectivity index (χ0n) is 11.7. The minimum atomic E-state index is 0.0947. The van der Waals surface area contributed by atoms with Gasteiger partial charge in [0.15, 0.2) is 5.11 Å². The average Bonchev–Trinajstić information content (AvgIpc) is 3.02. The van der Waals surface area contributed by atoms with Gasteiger partial charge in [-0.05, 0) is 43.4 Å². The molecule has 0 bridgehead atoms. The predicted molar refractivity (Wildman–Crippen MR) is 83.2 cm³/mol. The molecule has 0 saturated carbocycles. The lowest BCUT2D eigenvalue weighted by Crippen LogP contribution is -2.29. The van der Waals surface area contributed by atoms with Crippen LogP contribution in [0.5, 0.6) is 0 Å². The summed E-state index contributed by atoms with van der Waals surface area (Å²) in [5.74, 6) is 0. The molecule has 0 aliphatic carbocycles. The maximum absolute atomic E-state index is 5.49. The monoisotopic (exact) mass is 286 g/mol. The van der Waals surface area contributed by atoms with Gasteiger partial charge in [-0.15, -0.1) is 0 Å². The lowest BCUT2D eigenvalue weighted by atomic mass is 10.0. The van der Waals surface area contributed by atoms with Gasteiger partial charge >= 0.3 is 0 Å². The highest BCUT2D eigenvalue weighted by atomic mass is 32.1. The SMILES string of the molecule is CCN1C(=S)N[C@H](c2ccccn2)[C@H]1c1cccn1C. The molecule has 1 aliphatic rings. The van der Waals surface area contributed by atoms with Crippen LogP contribution < -0.4 is 5.32 Å². The topological polar surface area (TPSA) is 33.1 Å². The van der Waals surface area contributed by atoms with Gasteiger partial charge < -0.3 is 14.8 Å². The highest BCUT2D eigenvalue weighted by Crippen LogP contribution is 2.37. The van der Waals surface area contributed by atoms with E-state index in [1.54, 1.807) is 0 Å². The second-order valence-electron chi connectivity index (χ2n) is 4.96. The normalized spacial score (nSPS) is 22.1. The molecule has 0 aromatic carbocycles. The highest BCUT2D eigenvalue weighted by Gasteiger charge is 2.39. The summed E-state index contributed by atoms with van der Waals surface area (Å²) in [6, 6.07) is 10.5. The van der Waals surface area contributed by atoms with Crippen molar-refractivity contribution in [3.63, 3.8) is 0 Å². The molecule has 2 aromatic heterocycles. The molecule has 0 unspecified atom stereocenters. The van der Waals surface area contributed by atoms with Gasteiger partial charge in [-0.25, -0.2) is 0 Å². The van der Waals surface area contributed by atoms with Crippen LogP contribution in [0.4, 0.5) is 0 Å². The number of nitrogens with one attached hydrogen (secondary N) is 1. The molecule has 1 N–H and O–H groups in total. The Labute approximate surface area is 124 Å². The fourth-order valence-electron chi connectivity index (χ4n) is 2.85. The van der Waals surface area contributed by atoms with Gasteiger partial charge in [0.25, 0.3) is 0 Å². The van der Waals surface area contributed by atoms with E-state index in [1.165, 1.54) is 5.69 Å². The van der Waals surface area contributed by atoms with Gasteiger partial charge in [0.1, 0.15) is 0 Å². The average molecular weight is 286 g/mol. The van der Waals surface area contributed by atoms with Crippen molar-refractivity contribution in [1.29, 1.82) is 0 Å². The van der Waals surface area contributed by atoms with Crippen LogP contribution in [-0.4, -0.2) is 26.1 Å². The molecule has 1 fully saturated rings. The lowest BCUT2D eigenvalue weighted by Gasteiger charge is -2.27. The van der Waals surface area contributed by atoms with Crippen molar-refractivity contribution in [1.82, 2.24) is 19.8 Å². The van der Waals surface area contributed by atoms with E-state index in [-0.39, 0.29) is 12.1 Å². The molecule has 3 rings (SSSR count). The van der Waals surface area contributed by atoms with E-state index >= 15 is 0 Å². The summed E-state index contributed by atoms with van der Waals surface area (Å²) in [6.07, 6.45) is 3.90. The third kappa shape index (κ3) is 2.08. The van der Waals surface area contributed by atoms with Crippen LogP contribution in [0.25, 0.3) is 0 Å². The van der Waals surface area contributed by atoms with Crippen LogP contribution in [0.15, 0.2) is 42.7 Å². The molecule has 2 aromatic rings. The molecular formula is C15H18N4S. The predicted octanol–water partition coefficient (Wildman–Crippen LogP) is 2.41. The number of aryl methyl sites for hydroxylation is 1. The van der Waals surface area contributed by atoms with Crippen LogP contribution in [0, 0.1) is 0 Å². The zero-order chi connectivity index (χ0) is 14.1. The minimum Gasteiger partial charge on any atom is -0.353 e. The summed E-state index contributed by atoms with van der Waals surface area (Å²) in [7, 11) is 2.07.